The van der Waals surface area contributed by atoms with Crippen LogP contribution in [0, 0.1) is 6.92 Å². The van der Waals surface area contributed by atoms with Crippen molar-refractivity contribution in [2.75, 3.05) is 12.8 Å². The van der Waals surface area contributed by atoms with E-state index in [2.05, 4.69) is 21.8 Å². The maximum Gasteiger partial charge on any atom is 0.258 e. The van der Waals surface area contributed by atoms with Gasteiger partial charge in [-0.3, -0.25) is 4.79 Å². The normalized spacial score (nSPS) is 11.0. The number of unbranched alkanes of at least 4 members (excludes halogenated alkanes) is 3. The van der Waals surface area contributed by atoms with Gasteiger partial charge in [-0.2, -0.15) is 0 Å². The van der Waals surface area contributed by atoms with E-state index in [-0.39, 0.29) is 5.56 Å². The van der Waals surface area contributed by atoms with E-state index < -0.39 is 0 Å². The van der Waals surface area contributed by atoms with Crippen molar-refractivity contribution < 1.29 is 0 Å². The lowest BCUT2D eigenvalue weighted by Gasteiger charge is -2.19. The number of nitrogens with zero attached hydrogens (tertiary/aromatic N) is 2. The minimum Gasteiger partial charge on any atom is -0.356 e. The zero-order chi connectivity index (χ0) is 17.5. The summed E-state index contributed by atoms with van der Waals surface area (Å²) in [4.78, 5) is 21.2. The van der Waals surface area contributed by atoms with E-state index in [1.165, 1.54) is 25.7 Å². The summed E-state index contributed by atoms with van der Waals surface area (Å²) in [7, 11) is 2.00. The Balaban J connectivity index is 1.96. The van der Waals surface area contributed by atoms with Gasteiger partial charge >= 0.3 is 0 Å². The molecule has 1 heterocycles. The van der Waals surface area contributed by atoms with Crippen molar-refractivity contribution >= 4 is 39.2 Å². The highest BCUT2D eigenvalue weighted by molar-refractivity contribution is 8.22. The van der Waals surface area contributed by atoms with Gasteiger partial charge in [-0.1, -0.05) is 56.2 Å². The van der Waals surface area contributed by atoms with Crippen LogP contribution in [0.3, 0.4) is 0 Å². The van der Waals surface area contributed by atoms with Crippen LogP contribution >= 0.6 is 24.0 Å². The van der Waals surface area contributed by atoms with Crippen LogP contribution in [0.4, 0.5) is 0 Å². The van der Waals surface area contributed by atoms with Crippen molar-refractivity contribution in [3.63, 3.8) is 0 Å². The maximum absolute atomic E-state index is 12.1. The Morgan fingerprint density at radius 3 is 2.88 bits per heavy atom. The van der Waals surface area contributed by atoms with E-state index >= 15 is 0 Å². The Hall–Kier alpha value is -1.40. The SMILES string of the molecule is CCCCCCSC(=S)N(C)Cc1ccc2nc(C)[nH]c(=O)c2c1. The van der Waals surface area contributed by atoms with E-state index in [1.807, 2.05) is 25.2 Å². The number of thioether (sulfide) groups is 1. The van der Waals surface area contributed by atoms with Gasteiger partial charge in [0.05, 0.1) is 10.9 Å². The smallest absolute Gasteiger partial charge is 0.258 e. The summed E-state index contributed by atoms with van der Waals surface area (Å²) < 4.78 is 0.905. The standard InChI is InChI=1S/C18H25N3OS2/c1-4-5-6-7-10-24-18(23)21(3)12-14-8-9-16-15(11-14)17(22)20-13(2)19-16/h8-9,11H,4-7,10,12H2,1-3H3,(H,19,20,22). The number of aromatic nitrogens is 2. The summed E-state index contributed by atoms with van der Waals surface area (Å²) in [6, 6.07) is 5.83. The second-order valence-corrected chi connectivity index (χ2v) is 7.76. The Labute approximate surface area is 153 Å². The average Bonchev–Trinajstić information content (AvgIpc) is 2.55. The predicted molar refractivity (Wildman–Crippen MR) is 108 cm³/mol. The van der Waals surface area contributed by atoms with Gasteiger partial charge in [-0.05, 0) is 31.0 Å². The van der Waals surface area contributed by atoms with E-state index in [4.69, 9.17) is 12.2 Å². The number of thiocarbonyl (C=S) groups is 1. The maximum atomic E-state index is 12.1. The predicted octanol–water partition coefficient (Wildman–Crippen LogP) is 4.26. The summed E-state index contributed by atoms with van der Waals surface area (Å²) in [6.45, 7) is 4.71. The van der Waals surface area contributed by atoms with Gasteiger partial charge in [-0.25, -0.2) is 4.98 Å². The Morgan fingerprint density at radius 1 is 1.33 bits per heavy atom. The van der Waals surface area contributed by atoms with Gasteiger partial charge in [0.15, 0.2) is 0 Å². The molecule has 0 unspecified atom stereocenters. The first kappa shape index (κ1) is 18.9. The molecule has 130 valence electrons. The number of aromatic amines is 1. The number of hydrogen-bond donors (Lipinski definition) is 1. The average molecular weight is 364 g/mol. The van der Waals surface area contributed by atoms with Crippen molar-refractivity contribution in [3.8, 4) is 0 Å². The Kier molecular flexibility index (Phi) is 7.24. The molecule has 0 spiro atoms. The fourth-order valence-corrected chi connectivity index (χ4v) is 3.66. The molecule has 1 aromatic heterocycles. The summed E-state index contributed by atoms with van der Waals surface area (Å²) in [5, 5.41) is 0.629. The van der Waals surface area contributed by atoms with Crippen molar-refractivity contribution in [1.82, 2.24) is 14.9 Å². The molecule has 4 nitrogen and oxygen atoms in total. The van der Waals surface area contributed by atoms with Crippen LogP contribution in [-0.4, -0.2) is 32.0 Å². The van der Waals surface area contributed by atoms with Crippen molar-refractivity contribution in [1.29, 1.82) is 0 Å². The summed E-state index contributed by atoms with van der Waals surface area (Å²) in [5.41, 5.74) is 1.71. The molecule has 2 aromatic rings. The Morgan fingerprint density at radius 2 is 2.12 bits per heavy atom. The zero-order valence-corrected chi connectivity index (χ0v) is 16.2. The molecule has 1 N–H and O–H groups in total. The van der Waals surface area contributed by atoms with E-state index in [1.54, 1.807) is 18.7 Å². The van der Waals surface area contributed by atoms with Crippen molar-refractivity contribution in [2.24, 2.45) is 0 Å². The molecular formula is C18H25N3OS2. The van der Waals surface area contributed by atoms with E-state index in [0.717, 1.165) is 21.2 Å². The molecule has 1 aromatic carbocycles. The molecule has 0 aliphatic heterocycles. The highest BCUT2D eigenvalue weighted by Gasteiger charge is 2.08. The second-order valence-electron chi connectivity index (χ2n) is 6.03. The number of hydrogen-bond acceptors (Lipinski definition) is 4. The van der Waals surface area contributed by atoms with Crippen LogP contribution in [0.1, 0.15) is 44.0 Å². The van der Waals surface area contributed by atoms with Crippen LogP contribution in [-0.2, 0) is 6.54 Å². The molecule has 2 rings (SSSR count). The third kappa shape index (κ3) is 5.31. The van der Waals surface area contributed by atoms with E-state index in [9.17, 15) is 4.79 Å². The van der Waals surface area contributed by atoms with Crippen LogP contribution < -0.4 is 5.56 Å². The number of aryl methyl sites for hydroxylation is 1. The summed E-state index contributed by atoms with van der Waals surface area (Å²) in [5.74, 6) is 1.71. The molecular weight excluding hydrogens is 338 g/mol. The largest absolute Gasteiger partial charge is 0.356 e. The molecule has 0 radical (unpaired) electrons. The molecule has 0 amide bonds. The van der Waals surface area contributed by atoms with Crippen LogP contribution in [0.5, 0.6) is 0 Å². The van der Waals surface area contributed by atoms with Gasteiger partial charge in [0.1, 0.15) is 10.1 Å². The molecule has 0 saturated heterocycles. The molecule has 24 heavy (non-hydrogen) atoms. The summed E-state index contributed by atoms with van der Waals surface area (Å²) in [6.07, 6.45) is 5.03. The summed E-state index contributed by atoms with van der Waals surface area (Å²) >= 11 is 7.24. The number of benzene rings is 1. The monoisotopic (exact) mass is 363 g/mol. The van der Waals surface area contributed by atoms with Crippen LogP contribution in [0.15, 0.2) is 23.0 Å². The third-order valence-electron chi connectivity index (χ3n) is 3.84. The highest BCUT2D eigenvalue weighted by Crippen LogP contribution is 2.16. The first-order chi connectivity index (χ1) is 11.5. The lowest BCUT2D eigenvalue weighted by atomic mass is 10.1. The van der Waals surface area contributed by atoms with Crippen LogP contribution in [0.25, 0.3) is 10.9 Å². The van der Waals surface area contributed by atoms with E-state index in [0.29, 0.717) is 17.8 Å². The molecule has 0 saturated carbocycles. The topological polar surface area (TPSA) is 49.0 Å². The zero-order valence-electron chi connectivity index (χ0n) is 14.6. The molecule has 0 aliphatic carbocycles. The quantitative estimate of drug-likeness (QED) is 0.588. The Bertz CT molecular complexity index is 758. The van der Waals surface area contributed by atoms with Gasteiger partial charge in [0, 0.05) is 19.3 Å². The minimum absolute atomic E-state index is 0.0881. The number of fused-ring (bicyclic) bond motifs is 1. The minimum atomic E-state index is -0.0881. The first-order valence-corrected chi connectivity index (χ1v) is 9.78. The second kappa shape index (κ2) is 9.18. The molecule has 6 heteroatoms. The van der Waals surface area contributed by atoms with Gasteiger partial charge in [0.25, 0.3) is 5.56 Å². The fourth-order valence-electron chi connectivity index (χ4n) is 2.54. The van der Waals surface area contributed by atoms with Gasteiger partial charge in [-0.15, -0.1) is 0 Å². The number of nitrogens with one attached hydrogen (secondary N) is 1. The van der Waals surface area contributed by atoms with Crippen LogP contribution in [0.2, 0.25) is 0 Å². The molecule has 0 atom stereocenters. The third-order valence-corrected chi connectivity index (χ3v) is 5.56. The lowest BCUT2D eigenvalue weighted by molar-refractivity contribution is 0.519. The van der Waals surface area contributed by atoms with Gasteiger partial charge in [0.2, 0.25) is 0 Å². The van der Waals surface area contributed by atoms with Gasteiger partial charge < -0.3 is 9.88 Å². The number of rotatable bonds is 7. The number of H-pyrrole nitrogens is 1. The highest BCUT2D eigenvalue weighted by atomic mass is 32.2. The van der Waals surface area contributed by atoms with Crippen molar-refractivity contribution in [3.05, 3.63) is 39.9 Å². The molecule has 0 aliphatic rings. The fraction of sp³-hybridized carbons (Fsp3) is 0.500. The lowest BCUT2D eigenvalue weighted by Crippen LogP contribution is -2.22. The van der Waals surface area contributed by atoms with Crippen molar-refractivity contribution in [2.45, 2.75) is 46.1 Å². The first-order valence-electron chi connectivity index (χ1n) is 8.38. The molecule has 0 bridgehead atoms. The molecule has 0 fully saturated rings.